The van der Waals surface area contributed by atoms with E-state index in [9.17, 15) is 35.5 Å². The van der Waals surface area contributed by atoms with E-state index in [2.05, 4.69) is 4.40 Å². The second kappa shape index (κ2) is 9.17. The molecule has 0 aromatic heterocycles. The van der Waals surface area contributed by atoms with Gasteiger partial charge < -0.3 is 15.0 Å². The number of carbonyl (C=O) groups is 1. The van der Waals surface area contributed by atoms with E-state index in [1.165, 1.54) is 4.90 Å². The first-order chi connectivity index (χ1) is 17.6. The van der Waals surface area contributed by atoms with Crippen molar-refractivity contribution in [2.24, 2.45) is 4.40 Å². The molecule has 3 heterocycles. The predicted octanol–water partition coefficient (Wildman–Crippen LogP) is 6.74. The third-order valence-corrected chi connectivity index (χ3v) is 8.47. The molecule has 15 heteroatoms. The minimum atomic E-state index is -4.78. The van der Waals surface area contributed by atoms with Gasteiger partial charge in [-0.15, -0.1) is 0 Å². The molecule has 5 rings (SSSR count). The van der Waals surface area contributed by atoms with Crippen LogP contribution in [0.25, 0.3) is 0 Å². The summed E-state index contributed by atoms with van der Waals surface area (Å²) in [5, 5.41) is 0.733. The van der Waals surface area contributed by atoms with Crippen LogP contribution in [0.3, 0.4) is 0 Å². The third-order valence-electron chi connectivity index (χ3n) is 6.69. The van der Waals surface area contributed by atoms with Gasteiger partial charge in [0.25, 0.3) is 0 Å². The van der Waals surface area contributed by atoms with Crippen molar-refractivity contribution in [1.29, 1.82) is 0 Å². The van der Waals surface area contributed by atoms with Crippen molar-refractivity contribution in [2.75, 3.05) is 19.6 Å². The van der Waals surface area contributed by atoms with Gasteiger partial charge >= 0.3 is 18.4 Å². The number of fused-ring (bicyclic) bond motifs is 2. The van der Waals surface area contributed by atoms with Crippen molar-refractivity contribution in [3.63, 3.8) is 0 Å². The Hall–Kier alpha value is -2.22. The number of alkyl halides is 6. The molecular formula is C23H16Cl2F7N3O2S. The predicted molar refractivity (Wildman–Crippen MR) is 127 cm³/mol. The molecule has 1 fully saturated rings. The summed E-state index contributed by atoms with van der Waals surface area (Å²) in [5.74, 6) is -1.02. The molecule has 204 valence electrons. The lowest BCUT2D eigenvalue weighted by molar-refractivity contribution is -0.159. The van der Waals surface area contributed by atoms with Gasteiger partial charge in [-0.1, -0.05) is 35.3 Å². The topological polar surface area (TPSA) is 53.9 Å². The molecule has 0 bridgehead atoms. The number of hydrogen-bond donors (Lipinski definition) is 1. The Morgan fingerprint density at radius 3 is 2.37 bits per heavy atom. The van der Waals surface area contributed by atoms with Crippen LogP contribution in [0.1, 0.15) is 28.7 Å². The van der Waals surface area contributed by atoms with Gasteiger partial charge in [0.15, 0.2) is 10.6 Å². The number of rotatable bonds is 3. The van der Waals surface area contributed by atoms with Crippen LogP contribution in [-0.2, 0) is 21.7 Å². The molecule has 0 saturated carbocycles. The molecule has 3 aliphatic heterocycles. The van der Waals surface area contributed by atoms with Crippen LogP contribution >= 0.6 is 35.1 Å². The Balaban J connectivity index is 1.34. The molecule has 0 aliphatic carbocycles. The quantitative estimate of drug-likeness (QED) is 0.241. The van der Waals surface area contributed by atoms with E-state index in [1.54, 1.807) is 23.5 Å². The van der Waals surface area contributed by atoms with E-state index in [-0.39, 0.29) is 31.0 Å². The van der Waals surface area contributed by atoms with E-state index in [4.69, 9.17) is 27.9 Å². The molecule has 1 saturated heterocycles. The number of nitrogens with zero attached hydrogens (tertiary/aromatic N) is 2. The fourth-order valence-electron chi connectivity index (χ4n) is 4.74. The number of halogens is 9. The van der Waals surface area contributed by atoms with Crippen molar-refractivity contribution in [2.45, 2.75) is 35.7 Å². The van der Waals surface area contributed by atoms with Gasteiger partial charge in [0.05, 0.1) is 35.5 Å². The summed E-state index contributed by atoms with van der Waals surface area (Å²) in [4.78, 5) is 13.2. The van der Waals surface area contributed by atoms with Gasteiger partial charge in [0.1, 0.15) is 12.1 Å². The van der Waals surface area contributed by atoms with E-state index in [1.807, 2.05) is 0 Å². The second-order valence-electron chi connectivity index (χ2n) is 9.17. The molecule has 1 N–H and O–H groups in total. The van der Waals surface area contributed by atoms with Gasteiger partial charge in [-0.05, 0) is 52.4 Å². The lowest BCUT2D eigenvalue weighted by Gasteiger charge is -2.47. The summed E-state index contributed by atoms with van der Waals surface area (Å²) in [6, 6.07) is 5.81. The van der Waals surface area contributed by atoms with Crippen LogP contribution < -0.4 is 5.32 Å². The number of ether oxygens (including phenoxy) is 1. The minimum Gasteiger partial charge on any atom is -0.362 e. The molecule has 1 atom stereocenters. The average Bonchev–Trinajstić information content (AvgIpc) is 3.42. The highest BCUT2D eigenvalue weighted by Gasteiger charge is 2.60. The van der Waals surface area contributed by atoms with E-state index < -0.39 is 57.6 Å². The Morgan fingerprint density at radius 1 is 1.11 bits per heavy atom. The summed E-state index contributed by atoms with van der Waals surface area (Å²) >= 11 is 11.8. The summed E-state index contributed by atoms with van der Waals surface area (Å²) < 4.78 is 101. The van der Waals surface area contributed by atoms with Crippen molar-refractivity contribution in [3.05, 3.63) is 68.4 Å². The molecule has 2 amide bonds. The van der Waals surface area contributed by atoms with Gasteiger partial charge in [0, 0.05) is 6.42 Å². The SMILES string of the molecule is O=C(NCC(F)(F)F)N1CC2(C1)OCc1cc(C3=NS[C@@](c4cc(Cl)c(F)c(Cl)c4)(C(F)(F)F)C3)ccc12. The van der Waals surface area contributed by atoms with Crippen LogP contribution in [-0.4, -0.2) is 48.6 Å². The maximum absolute atomic E-state index is 14.4. The molecule has 3 aliphatic rings. The number of urea groups is 1. The highest BCUT2D eigenvalue weighted by molar-refractivity contribution is 7.99. The second-order valence-corrected chi connectivity index (χ2v) is 11.0. The third kappa shape index (κ3) is 4.61. The van der Waals surface area contributed by atoms with Crippen LogP contribution in [0.15, 0.2) is 34.7 Å². The normalized spacial score (nSPS) is 22.3. The maximum Gasteiger partial charge on any atom is 0.409 e. The Bertz CT molecular complexity index is 1320. The van der Waals surface area contributed by atoms with Crippen LogP contribution in [0, 0.1) is 5.82 Å². The molecule has 2 aromatic carbocycles. The fourth-order valence-corrected chi connectivity index (χ4v) is 6.19. The van der Waals surface area contributed by atoms with Gasteiger partial charge in [-0.2, -0.15) is 26.3 Å². The lowest BCUT2D eigenvalue weighted by atomic mass is 9.83. The molecule has 0 radical (unpaired) electrons. The Kier molecular flexibility index (Phi) is 6.60. The van der Waals surface area contributed by atoms with Gasteiger partial charge in [-0.3, -0.25) is 0 Å². The molecule has 1 spiro atoms. The van der Waals surface area contributed by atoms with Gasteiger partial charge in [0.2, 0.25) is 0 Å². The van der Waals surface area contributed by atoms with E-state index in [0.717, 1.165) is 12.1 Å². The maximum atomic E-state index is 14.4. The average molecular weight is 602 g/mol. The summed E-state index contributed by atoms with van der Waals surface area (Å²) in [6.07, 6.45) is -9.87. The van der Waals surface area contributed by atoms with E-state index in [0.29, 0.717) is 28.6 Å². The number of likely N-dealkylation sites (tertiary alicyclic amines) is 1. The summed E-state index contributed by atoms with van der Waals surface area (Å²) in [6.45, 7) is -1.28. The zero-order valence-electron chi connectivity index (χ0n) is 18.9. The van der Waals surface area contributed by atoms with Crippen LogP contribution in [0.2, 0.25) is 10.0 Å². The Labute approximate surface area is 225 Å². The number of nitrogens with one attached hydrogen (secondary N) is 1. The highest BCUT2D eigenvalue weighted by Crippen LogP contribution is 2.57. The van der Waals surface area contributed by atoms with Crippen molar-refractivity contribution < 1.29 is 40.3 Å². The van der Waals surface area contributed by atoms with Crippen molar-refractivity contribution in [1.82, 2.24) is 10.2 Å². The molecule has 38 heavy (non-hydrogen) atoms. The van der Waals surface area contributed by atoms with Crippen molar-refractivity contribution in [3.8, 4) is 0 Å². The van der Waals surface area contributed by atoms with Crippen molar-refractivity contribution >= 4 is 46.9 Å². The first kappa shape index (κ1) is 27.4. The highest BCUT2D eigenvalue weighted by atomic mass is 35.5. The first-order valence-corrected chi connectivity index (χ1v) is 12.5. The standard InChI is InChI=1S/C23H16Cl2F7N3O2S/c24-15-4-13(5-16(25)18(15)26)21(23(30,31)32)6-17(34-38-21)11-1-2-14-12(3-11)7-37-20(14)9-35(10-20)19(36)33-8-22(27,28)29/h1-5H,6-10H2,(H,33,36)/t21-/m0/s1. The lowest BCUT2D eigenvalue weighted by Crippen LogP contribution is -2.63. The first-order valence-electron chi connectivity index (χ1n) is 11.0. The monoisotopic (exact) mass is 601 g/mol. The summed E-state index contributed by atoms with van der Waals surface area (Å²) in [7, 11) is 0. The zero-order chi connectivity index (χ0) is 27.7. The molecular weight excluding hydrogens is 586 g/mol. The Morgan fingerprint density at radius 2 is 1.76 bits per heavy atom. The largest absolute Gasteiger partial charge is 0.409 e. The summed E-state index contributed by atoms with van der Waals surface area (Å²) in [5.41, 5.74) is 0.713. The van der Waals surface area contributed by atoms with E-state index >= 15 is 0 Å². The molecule has 2 aromatic rings. The number of amides is 2. The minimum absolute atomic E-state index is 0.0309. The van der Waals surface area contributed by atoms with Gasteiger partial charge in [-0.25, -0.2) is 13.6 Å². The zero-order valence-corrected chi connectivity index (χ0v) is 21.3. The fraction of sp³-hybridized carbons (Fsp3) is 0.391. The van der Waals surface area contributed by atoms with Crippen LogP contribution in [0.4, 0.5) is 35.5 Å². The number of benzene rings is 2. The van der Waals surface area contributed by atoms with Crippen LogP contribution in [0.5, 0.6) is 0 Å². The molecule has 0 unspecified atom stereocenters. The smallest absolute Gasteiger partial charge is 0.362 e. The molecule has 5 nitrogen and oxygen atoms in total. The number of hydrogen-bond acceptors (Lipinski definition) is 4. The number of carbonyl (C=O) groups excluding carboxylic acids is 1.